The number of halogens is 1. The first-order valence-corrected chi connectivity index (χ1v) is 9.52. The monoisotopic (exact) mass is 407 g/mol. The number of anilines is 2. The fraction of sp³-hybridized carbons (Fsp3) is 0.222. The van der Waals surface area contributed by atoms with Crippen LogP contribution in [0.5, 0.6) is 11.5 Å². The molecular formula is C18H18ClN3O4S. The summed E-state index contributed by atoms with van der Waals surface area (Å²) in [5, 5.41) is 6.17. The average Bonchev–Trinajstić information content (AvgIpc) is 2.66. The molecule has 2 amide bonds. The molecule has 0 atom stereocenters. The van der Waals surface area contributed by atoms with Crippen molar-refractivity contribution in [1.29, 1.82) is 0 Å². The first-order valence-electron chi connectivity index (χ1n) is 8.16. The fourth-order valence-electron chi connectivity index (χ4n) is 2.42. The number of benzene rings is 2. The molecule has 2 aromatic carbocycles. The second-order valence-electron chi connectivity index (χ2n) is 5.63. The normalized spacial score (nSPS) is 12.3. The number of rotatable bonds is 7. The molecule has 4 N–H and O–H groups in total. The lowest BCUT2D eigenvalue weighted by Crippen LogP contribution is -2.22. The SMILES string of the molecule is NC(=O)CSc1ccccc1NCC(=O)Nc1cc2c(cc1Cl)OCCO2. The van der Waals surface area contributed by atoms with Gasteiger partial charge in [0.2, 0.25) is 11.8 Å². The Morgan fingerprint density at radius 1 is 1.11 bits per heavy atom. The van der Waals surface area contributed by atoms with E-state index in [-0.39, 0.29) is 18.2 Å². The number of primary amides is 1. The van der Waals surface area contributed by atoms with Crippen LogP contribution in [0, 0.1) is 0 Å². The van der Waals surface area contributed by atoms with Gasteiger partial charge in [-0.05, 0) is 12.1 Å². The molecule has 3 rings (SSSR count). The van der Waals surface area contributed by atoms with Crippen LogP contribution in [-0.4, -0.2) is 37.3 Å². The summed E-state index contributed by atoms with van der Waals surface area (Å²) in [5.41, 5.74) is 6.38. The van der Waals surface area contributed by atoms with Gasteiger partial charge < -0.3 is 25.8 Å². The second-order valence-corrected chi connectivity index (χ2v) is 7.05. The molecule has 0 unspecified atom stereocenters. The van der Waals surface area contributed by atoms with Gasteiger partial charge >= 0.3 is 0 Å². The van der Waals surface area contributed by atoms with Crippen LogP contribution in [0.4, 0.5) is 11.4 Å². The first kappa shape index (κ1) is 19.2. The summed E-state index contributed by atoms with van der Waals surface area (Å²) in [7, 11) is 0. The predicted molar refractivity (Wildman–Crippen MR) is 106 cm³/mol. The maximum absolute atomic E-state index is 12.3. The van der Waals surface area contributed by atoms with E-state index in [9.17, 15) is 9.59 Å². The topological polar surface area (TPSA) is 103 Å². The van der Waals surface area contributed by atoms with Crippen molar-refractivity contribution in [3.8, 4) is 11.5 Å². The first-order chi connectivity index (χ1) is 13.0. The van der Waals surface area contributed by atoms with Crippen molar-refractivity contribution in [3.63, 3.8) is 0 Å². The molecule has 0 aromatic heterocycles. The van der Waals surface area contributed by atoms with E-state index in [1.54, 1.807) is 12.1 Å². The van der Waals surface area contributed by atoms with E-state index >= 15 is 0 Å². The summed E-state index contributed by atoms with van der Waals surface area (Å²) >= 11 is 7.51. The third-order valence-corrected chi connectivity index (χ3v) is 5.01. The number of carbonyl (C=O) groups is 2. The van der Waals surface area contributed by atoms with Gasteiger partial charge in [0.15, 0.2) is 11.5 Å². The highest BCUT2D eigenvalue weighted by molar-refractivity contribution is 8.00. The Morgan fingerprint density at radius 2 is 1.81 bits per heavy atom. The van der Waals surface area contributed by atoms with Gasteiger partial charge in [-0.3, -0.25) is 9.59 Å². The van der Waals surface area contributed by atoms with Gasteiger partial charge in [-0.15, -0.1) is 11.8 Å². The fourth-order valence-corrected chi connectivity index (χ4v) is 3.39. The molecule has 0 spiro atoms. The van der Waals surface area contributed by atoms with Crippen molar-refractivity contribution in [2.24, 2.45) is 5.73 Å². The van der Waals surface area contributed by atoms with E-state index in [0.29, 0.717) is 35.4 Å². The summed E-state index contributed by atoms with van der Waals surface area (Å²) in [4.78, 5) is 24.1. The summed E-state index contributed by atoms with van der Waals surface area (Å²) in [6, 6.07) is 10.6. The Hall–Kier alpha value is -2.58. The third kappa shape index (κ3) is 5.21. The Balaban J connectivity index is 1.61. The standard InChI is InChI=1S/C18H18ClN3O4S/c19-11-7-14-15(26-6-5-25-14)8-13(11)22-18(24)9-21-12-3-1-2-4-16(12)27-10-17(20)23/h1-4,7-8,21H,5-6,9-10H2,(H2,20,23)(H,22,24). The molecule has 9 heteroatoms. The number of hydrogen-bond acceptors (Lipinski definition) is 6. The molecule has 0 aliphatic carbocycles. The average molecular weight is 408 g/mol. The molecule has 0 bridgehead atoms. The summed E-state index contributed by atoms with van der Waals surface area (Å²) in [5.74, 6) is 0.589. The van der Waals surface area contributed by atoms with Gasteiger partial charge in [-0.1, -0.05) is 23.7 Å². The minimum Gasteiger partial charge on any atom is -0.486 e. The lowest BCUT2D eigenvalue weighted by molar-refractivity contribution is -0.116. The Morgan fingerprint density at radius 3 is 2.56 bits per heavy atom. The molecular weight excluding hydrogens is 390 g/mol. The van der Waals surface area contributed by atoms with E-state index in [2.05, 4.69) is 10.6 Å². The molecule has 0 radical (unpaired) electrons. The highest BCUT2D eigenvalue weighted by Gasteiger charge is 2.16. The Labute approximate surface area is 165 Å². The molecule has 0 saturated heterocycles. The van der Waals surface area contributed by atoms with E-state index in [0.717, 1.165) is 10.6 Å². The Bertz CT molecular complexity index is 862. The minimum absolute atomic E-state index is 0.0267. The number of para-hydroxylation sites is 1. The van der Waals surface area contributed by atoms with Crippen molar-refractivity contribution in [1.82, 2.24) is 0 Å². The zero-order valence-electron chi connectivity index (χ0n) is 14.3. The van der Waals surface area contributed by atoms with Crippen LogP contribution < -0.4 is 25.8 Å². The second kappa shape index (κ2) is 8.88. The van der Waals surface area contributed by atoms with Gasteiger partial charge in [0.1, 0.15) is 13.2 Å². The maximum Gasteiger partial charge on any atom is 0.243 e. The zero-order chi connectivity index (χ0) is 19.2. The number of nitrogens with two attached hydrogens (primary N) is 1. The molecule has 1 heterocycles. The zero-order valence-corrected chi connectivity index (χ0v) is 15.9. The predicted octanol–water partition coefficient (Wildman–Crippen LogP) is 2.74. The number of amides is 2. The van der Waals surface area contributed by atoms with Crippen molar-refractivity contribution in [2.75, 3.05) is 36.1 Å². The number of hydrogen-bond donors (Lipinski definition) is 3. The summed E-state index contributed by atoms with van der Waals surface area (Å²) in [6.45, 7) is 0.939. The Kier molecular flexibility index (Phi) is 6.31. The molecule has 1 aliphatic heterocycles. The maximum atomic E-state index is 12.3. The lowest BCUT2D eigenvalue weighted by Gasteiger charge is -2.20. The van der Waals surface area contributed by atoms with E-state index in [4.69, 9.17) is 26.8 Å². The highest BCUT2D eigenvalue weighted by Crippen LogP contribution is 2.38. The number of carbonyl (C=O) groups excluding carboxylic acids is 2. The van der Waals surface area contributed by atoms with E-state index in [1.165, 1.54) is 11.8 Å². The van der Waals surface area contributed by atoms with Crippen LogP contribution in [-0.2, 0) is 9.59 Å². The number of fused-ring (bicyclic) bond motifs is 1. The van der Waals surface area contributed by atoms with Crippen LogP contribution >= 0.6 is 23.4 Å². The molecule has 27 heavy (non-hydrogen) atoms. The van der Waals surface area contributed by atoms with Crippen molar-refractivity contribution in [2.45, 2.75) is 4.90 Å². The van der Waals surface area contributed by atoms with Crippen LogP contribution in [0.1, 0.15) is 0 Å². The largest absolute Gasteiger partial charge is 0.486 e. The molecule has 0 fully saturated rings. The number of ether oxygens (including phenoxy) is 2. The van der Waals surface area contributed by atoms with Crippen LogP contribution in [0.3, 0.4) is 0 Å². The minimum atomic E-state index is -0.402. The van der Waals surface area contributed by atoms with Gasteiger partial charge in [0.05, 0.1) is 23.0 Å². The summed E-state index contributed by atoms with van der Waals surface area (Å²) in [6.07, 6.45) is 0. The van der Waals surface area contributed by atoms with Gasteiger partial charge in [0, 0.05) is 22.7 Å². The molecule has 1 aliphatic rings. The smallest absolute Gasteiger partial charge is 0.243 e. The van der Waals surface area contributed by atoms with Crippen LogP contribution in [0.2, 0.25) is 5.02 Å². The summed E-state index contributed by atoms with van der Waals surface area (Å²) < 4.78 is 11.0. The third-order valence-electron chi connectivity index (χ3n) is 3.60. The molecule has 142 valence electrons. The van der Waals surface area contributed by atoms with Crippen molar-refractivity contribution < 1.29 is 19.1 Å². The lowest BCUT2D eigenvalue weighted by atomic mass is 10.2. The van der Waals surface area contributed by atoms with Gasteiger partial charge in [-0.2, -0.15) is 0 Å². The van der Waals surface area contributed by atoms with Crippen LogP contribution in [0.25, 0.3) is 0 Å². The van der Waals surface area contributed by atoms with Crippen LogP contribution in [0.15, 0.2) is 41.3 Å². The van der Waals surface area contributed by atoms with Crippen molar-refractivity contribution >= 4 is 46.6 Å². The molecule has 0 saturated carbocycles. The van der Waals surface area contributed by atoms with E-state index in [1.807, 2.05) is 24.3 Å². The number of thioether (sulfide) groups is 1. The molecule has 7 nitrogen and oxygen atoms in total. The number of nitrogens with one attached hydrogen (secondary N) is 2. The van der Waals surface area contributed by atoms with Gasteiger partial charge in [-0.25, -0.2) is 0 Å². The quantitative estimate of drug-likeness (QED) is 0.610. The van der Waals surface area contributed by atoms with Crippen molar-refractivity contribution in [3.05, 3.63) is 41.4 Å². The highest BCUT2D eigenvalue weighted by atomic mass is 35.5. The molecule has 2 aromatic rings. The van der Waals surface area contributed by atoms with E-state index < -0.39 is 5.91 Å². The van der Waals surface area contributed by atoms with Gasteiger partial charge in [0.25, 0.3) is 0 Å².